The number of thioether (sulfide) groups is 1. The zero-order valence-electron chi connectivity index (χ0n) is 12.7. The first-order valence-electron chi connectivity index (χ1n) is 7.17. The Balaban J connectivity index is 2.18. The summed E-state index contributed by atoms with van der Waals surface area (Å²) in [5.74, 6) is 0. The first-order chi connectivity index (χ1) is 11.5. The van der Waals surface area contributed by atoms with Crippen LogP contribution < -0.4 is 0 Å². The van der Waals surface area contributed by atoms with E-state index < -0.39 is 12.1 Å². The first-order valence-corrected chi connectivity index (χ1v) is 9.98. The number of hydrogen-bond acceptors (Lipinski definition) is 3. The molecule has 2 aromatic carbocycles. The SMILES string of the molecule is CSC1=N[C@@H](c2ccccc2Br)[C@@H](c2ccccc2Br)N1C(=O)O. The third-order valence-corrected chi connectivity index (χ3v) is 5.98. The maximum Gasteiger partial charge on any atom is 0.414 e. The van der Waals surface area contributed by atoms with Gasteiger partial charge in [0.1, 0.15) is 6.04 Å². The van der Waals surface area contributed by atoms with Gasteiger partial charge >= 0.3 is 6.09 Å². The predicted molar refractivity (Wildman–Crippen MR) is 105 cm³/mol. The molecular formula is C17H14Br2N2O2S. The normalized spacial score (nSPS) is 20.1. The molecule has 1 amide bonds. The molecule has 0 fully saturated rings. The molecule has 1 N–H and O–H groups in total. The van der Waals surface area contributed by atoms with Crippen LogP contribution in [0.2, 0.25) is 0 Å². The molecule has 1 aliphatic heterocycles. The van der Waals surface area contributed by atoms with Crippen LogP contribution in [0.25, 0.3) is 0 Å². The van der Waals surface area contributed by atoms with Gasteiger partial charge in [-0.2, -0.15) is 0 Å². The summed E-state index contributed by atoms with van der Waals surface area (Å²) in [7, 11) is 0. The molecule has 3 rings (SSSR count). The average molecular weight is 470 g/mol. The second-order valence-corrected chi connectivity index (χ2v) is 7.68. The van der Waals surface area contributed by atoms with Crippen LogP contribution in [-0.4, -0.2) is 27.5 Å². The highest BCUT2D eigenvalue weighted by molar-refractivity contribution is 9.10. The Morgan fingerprint density at radius 1 is 1.08 bits per heavy atom. The summed E-state index contributed by atoms with van der Waals surface area (Å²) in [6.45, 7) is 0. The highest BCUT2D eigenvalue weighted by Gasteiger charge is 2.42. The number of rotatable bonds is 2. The van der Waals surface area contributed by atoms with Crippen LogP contribution in [0.15, 0.2) is 62.5 Å². The first kappa shape index (κ1) is 17.5. The zero-order valence-corrected chi connectivity index (χ0v) is 16.7. The van der Waals surface area contributed by atoms with Crippen molar-refractivity contribution in [1.29, 1.82) is 0 Å². The van der Waals surface area contributed by atoms with Crippen molar-refractivity contribution in [3.8, 4) is 0 Å². The highest BCUT2D eigenvalue weighted by atomic mass is 79.9. The minimum Gasteiger partial charge on any atom is -0.465 e. The quantitative estimate of drug-likeness (QED) is 0.613. The standard InChI is InChI=1S/C17H14Br2N2O2S/c1-24-16-20-14(10-6-2-4-8-12(10)18)15(21(16)17(22)23)11-7-3-5-9-13(11)19/h2-9,14-15H,1H3,(H,22,23)/t14-,15+/m0/s1. The van der Waals surface area contributed by atoms with Crippen LogP contribution >= 0.6 is 43.6 Å². The van der Waals surface area contributed by atoms with Crippen molar-refractivity contribution in [2.75, 3.05) is 6.26 Å². The molecule has 2 atom stereocenters. The predicted octanol–water partition coefficient (Wildman–Crippen LogP) is 5.71. The van der Waals surface area contributed by atoms with Crippen LogP contribution in [0, 0.1) is 0 Å². The van der Waals surface area contributed by atoms with Gasteiger partial charge in [0.05, 0.1) is 6.04 Å². The van der Waals surface area contributed by atoms with Gasteiger partial charge in [0.2, 0.25) is 0 Å². The van der Waals surface area contributed by atoms with Crippen molar-refractivity contribution in [2.45, 2.75) is 12.1 Å². The summed E-state index contributed by atoms with van der Waals surface area (Å²) in [6.07, 6.45) is 0.840. The Kier molecular flexibility index (Phi) is 5.32. The summed E-state index contributed by atoms with van der Waals surface area (Å²) < 4.78 is 1.79. The van der Waals surface area contributed by atoms with E-state index in [1.165, 1.54) is 16.7 Å². The van der Waals surface area contributed by atoms with Crippen LogP contribution in [0.3, 0.4) is 0 Å². The second kappa shape index (κ2) is 7.29. The van der Waals surface area contributed by atoms with E-state index in [0.717, 1.165) is 20.1 Å². The molecule has 0 spiro atoms. The summed E-state index contributed by atoms with van der Waals surface area (Å²) >= 11 is 8.47. The smallest absolute Gasteiger partial charge is 0.414 e. The highest BCUT2D eigenvalue weighted by Crippen LogP contribution is 2.47. The van der Waals surface area contributed by atoms with E-state index in [4.69, 9.17) is 4.99 Å². The third kappa shape index (κ3) is 3.12. The lowest BCUT2D eigenvalue weighted by Gasteiger charge is -2.27. The van der Waals surface area contributed by atoms with Crippen LogP contribution in [0.5, 0.6) is 0 Å². The molecule has 1 heterocycles. The number of benzene rings is 2. The van der Waals surface area contributed by atoms with Crippen molar-refractivity contribution in [3.63, 3.8) is 0 Å². The lowest BCUT2D eigenvalue weighted by molar-refractivity contribution is 0.157. The van der Waals surface area contributed by atoms with Gasteiger partial charge in [-0.05, 0) is 29.5 Å². The molecule has 0 saturated carbocycles. The van der Waals surface area contributed by atoms with Gasteiger partial charge in [-0.25, -0.2) is 9.69 Å². The van der Waals surface area contributed by atoms with Crippen molar-refractivity contribution in [1.82, 2.24) is 4.90 Å². The van der Waals surface area contributed by atoms with E-state index in [2.05, 4.69) is 31.9 Å². The monoisotopic (exact) mass is 468 g/mol. The van der Waals surface area contributed by atoms with Gasteiger partial charge in [-0.1, -0.05) is 80.0 Å². The molecule has 7 heteroatoms. The Bertz CT molecular complexity index is 813. The van der Waals surface area contributed by atoms with Gasteiger partial charge in [0.25, 0.3) is 0 Å². The number of carbonyl (C=O) groups is 1. The number of hydrogen-bond donors (Lipinski definition) is 1. The van der Waals surface area contributed by atoms with Crippen molar-refractivity contribution in [2.24, 2.45) is 4.99 Å². The van der Waals surface area contributed by atoms with Crippen molar-refractivity contribution in [3.05, 3.63) is 68.6 Å². The second-order valence-electron chi connectivity index (χ2n) is 5.20. The minimum atomic E-state index is -1.00. The van der Waals surface area contributed by atoms with Crippen LogP contribution in [0.1, 0.15) is 23.2 Å². The number of amidine groups is 1. The molecule has 124 valence electrons. The molecule has 0 saturated heterocycles. The summed E-state index contributed by atoms with van der Waals surface area (Å²) in [5, 5.41) is 10.3. The Morgan fingerprint density at radius 3 is 2.12 bits per heavy atom. The molecular weight excluding hydrogens is 456 g/mol. The fourth-order valence-electron chi connectivity index (χ4n) is 2.84. The Hall–Kier alpha value is -1.31. The third-order valence-electron chi connectivity index (χ3n) is 3.87. The molecule has 0 aliphatic carbocycles. The summed E-state index contributed by atoms with van der Waals surface area (Å²) in [5.41, 5.74) is 1.86. The fourth-order valence-corrected chi connectivity index (χ4v) is 4.49. The summed E-state index contributed by atoms with van der Waals surface area (Å²) in [6, 6.07) is 14.8. The van der Waals surface area contributed by atoms with E-state index in [1.54, 1.807) is 0 Å². The lowest BCUT2D eigenvalue weighted by atomic mass is 9.94. The number of halogens is 2. The molecule has 0 bridgehead atoms. The molecule has 0 unspecified atom stereocenters. The van der Waals surface area contributed by atoms with Gasteiger partial charge in [-0.15, -0.1) is 0 Å². The van der Waals surface area contributed by atoms with Crippen molar-refractivity contribution < 1.29 is 9.90 Å². The topological polar surface area (TPSA) is 52.9 Å². The van der Waals surface area contributed by atoms with Crippen LogP contribution in [-0.2, 0) is 0 Å². The van der Waals surface area contributed by atoms with Gasteiger partial charge in [-0.3, -0.25) is 4.99 Å². The van der Waals surface area contributed by atoms with Gasteiger partial charge in [0.15, 0.2) is 5.17 Å². The fraction of sp³-hybridized carbons (Fsp3) is 0.176. The average Bonchev–Trinajstić information content (AvgIpc) is 2.95. The summed E-state index contributed by atoms with van der Waals surface area (Å²) in [4.78, 5) is 18.0. The van der Waals surface area contributed by atoms with Crippen molar-refractivity contribution >= 4 is 54.9 Å². The minimum absolute atomic E-state index is 0.308. The van der Waals surface area contributed by atoms with E-state index in [0.29, 0.717) is 5.17 Å². The molecule has 0 aromatic heterocycles. The maximum absolute atomic E-state index is 11.9. The lowest BCUT2D eigenvalue weighted by Crippen LogP contribution is -2.35. The molecule has 24 heavy (non-hydrogen) atoms. The number of nitrogens with zero attached hydrogens (tertiary/aromatic N) is 2. The number of aliphatic imine (C=N–C) groups is 1. The van der Waals surface area contributed by atoms with E-state index in [9.17, 15) is 9.90 Å². The zero-order chi connectivity index (χ0) is 17.3. The molecule has 2 aromatic rings. The molecule has 1 aliphatic rings. The van der Waals surface area contributed by atoms with Crippen LogP contribution in [0.4, 0.5) is 4.79 Å². The van der Waals surface area contributed by atoms with Gasteiger partial charge in [0, 0.05) is 8.95 Å². The molecule has 0 radical (unpaired) electrons. The van der Waals surface area contributed by atoms with E-state index in [1.807, 2.05) is 54.8 Å². The Morgan fingerprint density at radius 2 is 1.62 bits per heavy atom. The van der Waals surface area contributed by atoms with E-state index >= 15 is 0 Å². The Labute approximate surface area is 161 Å². The van der Waals surface area contributed by atoms with Gasteiger partial charge < -0.3 is 5.11 Å². The maximum atomic E-state index is 11.9. The largest absolute Gasteiger partial charge is 0.465 e. The number of carboxylic acid groups (broad SMARTS) is 1. The van der Waals surface area contributed by atoms with E-state index in [-0.39, 0.29) is 6.04 Å². The number of amides is 1. The molecule has 4 nitrogen and oxygen atoms in total.